The molecule has 0 heterocycles. The van der Waals surface area contributed by atoms with Gasteiger partial charge in [-0.3, -0.25) is 4.79 Å². The molecule has 5 heteroatoms. The van der Waals surface area contributed by atoms with E-state index < -0.39 is 5.38 Å². The molecule has 0 spiro atoms. The van der Waals surface area contributed by atoms with Gasteiger partial charge >= 0.3 is 0 Å². The van der Waals surface area contributed by atoms with Gasteiger partial charge in [-0.05, 0) is 63.4 Å². The number of carbonyl (C=O) groups excluding carboxylic acids is 1. The van der Waals surface area contributed by atoms with Crippen LogP contribution in [0.2, 0.25) is 0 Å². The summed E-state index contributed by atoms with van der Waals surface area (Å²) in [5.41, 5.74) is 1.81. The maximum Gasteiger partial charge on any atom is 0.242 e. The number of carbonyl (C=O) groups is 1. The van der Waals surface area contributed by atoms with Crippen LogP contribution in [0.5, 0.6) is 0 Å². The summed E-state index contributed by atoms with van der Waals surface area (Å²) in [7, 11) is 0. The van der Waals surface area contributed by atoms with Crippen molar-refractivity contribution in [2.75, 3.05) is 5.32 Å². The molecule has 1 amide bonds. The highest BCUT2D eigenvalue weighted by Crippen LogP contribution is 2.32. The van der Waals surface area contributed by atoms with Crippen LogP contribution in [0.15, 0.2) is 21.1 Å². The number of rotatable bonds is 2. The van der Waals surface area contributed by atoms with Gasteiger partial charge in [0.2, 0.25) is 5.91 Å². The van der Waals surface area contributed by atoms with Crippen molar-refractivity contribution in [2.45, 2.75) is 19.2 Å². The number of halogens is 3. The molecule has 1 N–H and O–H groups in total. The Labute approximate surface area is 111 Å². The molecule has 0 fully saturated rings. The molecule has 15 heavy (non-hydrogen) atoms. The Balaban J connectivity index is 3.00. The Morgan fingerprint density at radius 1 is 1.40 bits per heavy atom. The van der Waals surface area contributed by atoms with Crippen LogP contribution in [-0.4, -0.2) is 11.3 Å². The Morgan fingerprint density at radius 3 is 2.27 bits per heavy atom. The summed E-state index contributed by atoms with van der Waals surface area (Å²) in [6.07, 6.45) is 0. The van der Waals surface area contributed by atoms with Gasteiger partial charge in [0.1, 0.15) is 5.38 Å². The van der Waals surface area contributed by atoms with E-state index in [-0.39, 0.29) is 5.91 Å². The molecule has 1 atom stereocenters. The minimum absolute atomic E-state index is 0.220. The van der Waals surface area contributed by atoms with Crippen LogP contribution in [0.1, 0.15) is 12.5 Å². The molecule has 0 bridgehead atoms. The first-order valence-corrected chi connectivity index (χ1v) is 6.34. The van der Waals surface area contributed by atoms with Crippen LogP contribution in [0.25, 0.3) is 0 Å². The van der Waals surface area contributed by atoms with Crippen LogP contribution in [0, 0.1) is 6.92 Å². The fourth-order valence-corrected chi connectivity index (χ4v) is 2.71. The summed E-state index contributed by atoms with van der Waals surface area (Å²) >= 11 is 12.4. The van der Waals surface area contributed by atoms with Crippen molar-refractivity contribution in [3.05, 3.63) is 26.6 Å². The molecule has 2 nitrogen and oxygen atoms in total. The molecular weight excluding hydrogens is 345 g/mol. The fraction of sp³-hybridized carbons (Fsp3) is 0.300. The van der Waals surface area contributed by atoms with E-state index in [2.05, 4.69) is 37.2 Å². The lowest BCUT2D eigenvalue weighted by molar-refractivity contribution is -0.115. The minimum Gasteiger partial charge on any atom is -0.323 e. The molecule has 0 saturated heterocycles. The van der Waals surface area contributed by atoms with Crippen LogP contribution < -0.4 is 5.32 Å². The van der Waals surface area contributed by atoms with Gasteiger partial charge in [0.25, 0.3) is 0 Å². The lowest BCUT2D eigenvalue weighted by Crippen LogP contribution is -2.20. The first-order valence-electron chi connectivity index (χ1n) is 4.32. The molecule has 0 aromatic heterocycles. The first kappa shape index (κ1) is 13.0. The summed E-state index contributed by atoms with van der Waals surface area (Å²) in [4.78, 5) is 11.4. The number of aryl methyl sites for hydroxylation is 1. The van der Waals surface area contributed by atoms with E-state index in [9.17, 15) is 4.79 Å². The molecule has 0 aliphatic carbocycles. The molecule has 1 aromatic rings. The van der Waals surface area contributed by atoms with Gasteiger partial charge in [-0.1, -0.05) is 0 Å². The number of benzene rings is 1. The normalized spacial score (nSPS) is 12.3. The van der Waals surface area contributed by atoms with E-state index in [0.29, 0.717) is 5.69 Å². The second-order valence-electron chi connectivity index (χ2n) is 3.21. The number of hydrogen-bond donors (Lipinski definition) is 1. The zero-order valence-electron chi connectivity index (χ0n) is 8.27. The second kappa shape index (κ2) is 5.32. The smallest absolute Gasteiger partial charge is 0.242 e. The molecule has 0 aliphatic rings. The monoisotopic (exact) mass is 353 g/mol. The molecule has 0 aliphatic heterocycles. The topological polar surface area (TPSA) is 29.1 Å². The predicted molar refractivity (Wildman–Crippen MR) is 70.5 cm³/mol. The lowest BCUT2D eigenvalue weighted by Gasteiger charge is -2.11. The number of anilines is 1. The Morgan fingerprint density at radius 2 is 1.87 bits per heavy atom. The van der Waals surface area contributed by atoms with Gasteiger partial charge in [-0.25, -0.2) is 0 Å². The summed E-state index contributed by atoms with van der Waals surface area (Å²) in [6.45, 7) is 3.61. The van der Waals surface area contributed by atoms with Gasteiger partial charge in [-0.2, -0.15) is 0 Å². The third kappa shape index (κ3) is 3.47. The number of hydrogen-bond acceptors (Lipinski definition) is 1. The molecule has 0 unspecified atom stereocenters. The van der Waals surface area contributed by atoms with Crippen molar-refractivity contribution in [2.24, 2.45) is 0 Å². The highest BCUT2D eigenvalue weighted by atomic mass is 79.9. The number of nitrogens with one attached hydrogen (secondary N) is 1. The summed E-state index contributed by atoms with van der Waals surface area (Å²) in [5.74, 6) is -0.220. The van der Waals surface area contributed by atoms with E-state index in [1.54, 1.807) is 6.92 Å². The summed E-state index contributed by atoms with van der Waals surface area (Å²) < 4.78 is 1.67. The standard InChI is InChI=1S/C10H10Br2ClNO/c1-5-3-7(11)9(8(12)4-5)14-10(15)6(2)13/h3-4,6H,1-2H3,(H,14,15)/t6-/m0/s1. The van der Waals surface area contributed by atoms with E-state index in [0.717, 1.165) is 14.5 Å². The van der Waals surface area contributed by atoms with Gasteiger partial charge in [0, 0.05) is 8.95 Å². The van der Waals surface area contributed by atoms with Crippen molar-refractivity contribution < 1.29 is 4.79 Å². The van der Waals surface area contributed by atoms with Gasteiger partial charge in [-0.15, -0.1) is 11.6 Å². The maximum atomic E-state index is 11.4. The van der Waals surface area contributed by atoms with Crippen LogP contribution in [0.3, 0.4) is 0 Å². The van der Waals surface area contributed by atoms with E-state index in [1.807, 2.05) is 19.1 Å². The quantitative estimate of drug-likeness (QED) is 0.796. The zero-order valence-corrected chi connectivity index (χ0v) is 12.2. The van der Waals surface area contributed by atoms with Crippen molar-refractivity contribution >= 4 is 55.1 Å². The largest absolute Gasteiger partial charge is 0.323 e. The van der Waals surface area contributed by atoms with Crippen LogP contribution in [0.4, 0.5) is 5.69 Å². The highest BCUT2D eigenvalue weighted by molar-refractivity contribution is 9.11. The highest BCUT2D eigenvalue weighted by Gasteiger charge is 2.13. The van der Waals surface area contributed by atoms with Gasteiger partial charge in [0.15, 0.2) is 0 Å². The third-order valence-corrected chi connectivity index (χ3v) is 3.24. The molecule has 0 saturated carbocycles. The number of amides is 1. The van der Waals surface area contributed by atoms with Crippen LogP contribution in [-0.2, 0) is 4.79 Å². The number of alkyl halides is 1. The Bertz CT molecular complexity index is 370. The Kier molecular flexibility index (Phi) is 4.62. The summed E-state index contributed by atoms with van der Waals surface area (Å²) in [6, 6.07) is 3.86. The first-order chi connectivity index (χ1) is 6.91. The lowest BCUT2D eigenvalue weighted by atomic mass is 10.2. The summed E-state index contributed by atoms with van der Waals surface area (Å²) in [5, 5.41) is 2.19. The second-order valence-corrected chi connectivity index (χ2v) is 5.57. The molecular formula is C10H10Br2ClNO. The van der Waals surface area contributed by atoms with Crippen LogP contribution >= 0.6 is 43.5 Å². The van der Waals surface area contributed by atoms with Crippen molar-refractivity contribution in [3.63, 3.8) is 0 Å². The third-order valence-electron chi connectivity index (χ3n) is 1.80. The zero-order chi connectivity index (χ0) is 11.6. The van der Waals surface area contributed by atoms with E-state index in [4.69, 9.17) is 11.6 Å². The molecule has 0 radical (unpaired) electrons. The SMILES string of the molecule is Cc1cc(Br)c(NC(=O)[C@H](C)Cl)c(Br)c1. The average molecular weight is 355 g/mol. The molecule has 1 aromatic carbocycles. The van der Waals surface area contributed by atoms with E-state index in [1.165, 1.54) is 0 Å². The maximum absolute atomic E-state index is 11.4. The molecule has 1 rings (SSSR count). The van der Waals surface area contributed by atoms with Crippen molar-refractivity contribution in [1.82, 2.24) is 0 Å². The fourth-order valence-electron chi connectivity index (χ4n) is 1.04. The van der Waals surface area contributed by atoms with Crippen molar-refractivity contribution in [3.8, 4) is 0 Å². The minimum atomic E-state index is -0.551. The van der Waals surface area contributed by atoms with Gasteiger partial charge in [0.05, 0.1) is 5.69 Å². The van der Waals surface area contributed by atoms with Crippen molar-refractivity contribution in [1.29, 1.82) is 0 Å². The van der Waals surface area contributed by atoms with Gasteiger partial charge < -0.3 is 5.32 Å². The Hall–Kier alpha value is -0.0600. The average Bonchev–Trinajstić information content (AvgIpc) is 2.10. The van der Waals surface area contributed by atoms with E-state index >= 15 is 0 Å². The predicted octanol–water partition coefficient (Wildman–Crippen LogP) is 4.09. The molecule has 82 valence electrons.